The van der Waals surface area contributed by atoms with E-state index < -0.39 is 23.7 Å². The van der Waals surface area contributed by atoms with E-state index in [-0.39, 0.29) is 28.7 Å². The Hall–Kier alpha value is -2.46. The zero-order valence-electron chi connectivity index (χ0n) is 21.0. The standard InChI is InChI=1S/C25H34ClF3N4O3/c1-5-12-33-22(18-7-6-17(13-19(18)36-4)31-16(3)25(27,28)29)20(26)21(32-33)23(34)30-14-24(35)10-8-15(2)9-11-24/h6-7,13,15-16,31,35H,5,8-12,14H2,1-4H3,(H,30,34)/t15?,16-,24?/m1/s1. The molecule has 2 aromatic rings. The minimum Gasteiger partial charge on any atom is -0.496 e. The van der Waals surface area contributed by atoms with Crippen molar-refractivity contribution < 1.29 is 27.8 Å². The second-order valence-corrected chi connectivity index (χ2v) is 10.0. The Morgan fingerprint density at radius 3 is 2.61 bits per heavy atom. The highest BCUT2D eigenvalue weighted by molar-refractivity contribution is 6.36. The second-order valence-electron chi connectivity index (χ2n) is 9.65. The number of carbonyl (C=O) groups excluding carboxylic acids is 1. The first kappa shape index (κ1) is 28.1. The Morgan fingerprint density at radius 1 is 1.36 bits per heavy atom. The van der Waals surface area contributed by atoms with E-state index in [0.717, 1.165) is 19.8 Å². The van der Waals surface area contributed by atoms with Crippen LogP contribution >= 0.6 is 11.6 Å². The number of halogens is 4. The summed E-state index contributed by atoms with van der Waals surface area (Å²) < 4.78 is 46.0. The van der Waals surface area contributed by atoms with Crippen molar-refractivity contribution in [3.63, 3.8) is 0 Å². The van der Waals surface area contributed by atoms with Gasteiger partial charge >= 0.3 is 6.18 Å². The third kappa shape index (κ3) is 6.45. The molecular weight excluding hydrogens is 497 g/mol. The number of ether oxygens (including phenoxy) is 1. The Balaban J connectivity index is 1.88. The van der Waals surface area contributed by atoms with Crippen LogP contribution in [0.4, 0.5) is 18.9 Å². The number of nitrogens with zero attached hydrogens (tertiary/aromatic N) is 2. The van der Waals surface area contributed by atoms with E-state index in [9.17, 15) is 23.1 Å². The second kappa shape index (κ2) is 11.3. The average Bonchev–Trinajstić information content (AvgIpc) is 3.15. The Labute approximate surface area is 214 Å². The molecule has 1 amide bonds. The number of hydrogen-bond donors (Lipinski definition) is 3. The van der Waals surface area contributed by atoms with Crippen LogP contribution < -0.4 is 15.4 Å². The Kier molecular flexibility index (Phi) is 8.82. The molecular formula is C25H34ClF3N4O3. The van der Waals surface area contributed by atoms with Gasteiger partial charge in [-0.1, -0.05) is 25.4 Å². The molecule has 1 saturated carbocycles. The van der Waals surface area contributed by atoms with Crippen molar-refractivity contribution in [1.82, 2.24) is 15.1 Å². The van der Waals surface area contributed by atoms with E-state index in [1.165, 1.54) is 19.2 Å². The zero-order chi connectivity index (χ0) is 26.7. The summed E-state index contributed by atoms with van der Waals surface area (Å²) in [4.78, 5) is 13.0. The molecule has 200 valence electrons. The van der Waals surface area contributed by atoms with Gasteiger partial charge in [0, 0.05) is 30.4 Å². The van der Waals surface area contributed by atoms with E-state index in [1.54, 1.807) is 10.7 Å². The lowest BCUT2D eigenvalue weighted by Crippen LogP contribution is -2.45. The third-order valence-corrected chi connectivity index (χ3v) is 7.02. The number of rotatable bonds is 9. The fraction of sp³-hybridized carbons (Fsp3) is 0.600. The SMILES string of the molecule is CCCn1nc(C(=O)NCC2(O)CCC(C)CC2)c(Cl)c1-c1ccc(N[C@H](C)C(F)(F)F)cc1OC. The first-order chi connectivity index (χ1) is 16.9. The van der Waals surface area contributed by atoms with Gasteiger partial charge in [-0.25, -0.2) is 0 Å². The average molecular weight is 531 g/mol. The van der Waals surface area contributed by atoms with Gasteiger partial charge in [-0.3, -0.25) is 9.48 Å². The van der Waals surface area contributed by atoms with Crippen LogP contribution in [0.15, 0.2) is 18.2 Å². The number of aryl methyl sites for hydroxylation is 1. The number of carbonyl (C=O) groups is 1. The molecule has 7 nitrogen and oxygen atoms in total. The van der Waals surface area contributed by atoms with Gasteiger partial charge in [-0.15, -0.1) is 0 Å². The largest absolute Gasteiger partial charge is 0.496 e. The molecule has 1 aromatic carbocycles. The summed E-state index contributed by atoms with van der Waals surface area (Å²) >= 11 is 6.66. The van der Waals surface area contributed by atoms with E-state index in [1.807, 2.05) is 6.92 Å². The van der Waals surface area contributed by atoms with E-state index in [2.05, 4.69) is 22.7 Å². The van der Waals surface area contributed by atoms with Crippen molar-refractivity contribution >= 4 is 23.2 Å². The number of hydrogen-bond acceptors (Lipinski definition) is 5. The molecule has 36 heavy (non-hydrogen) atoms. The molecule has 3 rings (SSSR count). The lowest BCUT2D eigenvalue weighted by molar-refractivity contribution is -0.138. The number of aliphatic hydroxyl groups is 1. The molecule has 3 N–H and O–H groups in total. The van der Waals surface area contributed by atoms with Crippen LogP contribution in [0.1, 0.15) is 63.4 Å². The number of nitrogens with one attached hydrogen (secondary N) is 2. The van der Waals surface area contributed by atoms with Gasteiger partial charge in [0.1, 0.15) is 11.8 Å². The fourth-order valence-electron chi connectivity index (χ4n) is 4.33. The summed E-state index contributed by atoms with van der Waals surface area (Å²) in [5, 5.41) is 20.5. The topological polar surface area (TPSA) is 88.4 Å². The Morgan fingerprint density at radius 2 is 2.03 bits per heavy atom. The van der Waals surface area contributed by atoms with Gasteiger partial charge in [0.05, 0.1) is 23.4 Å². The summed E-state index contributed by atoms with van der Waals surface area (Å²) in [7, 11) is 1.41. The number of methoxy groups -OCH3 is 1. The molecule has 0 radical (unpaired) electrons. The van der Waals surface area contributed by atoms with Crippen LogP contribution in [-0.4, -0.2) is 52.3 Å². The number of aromatic nitrogens is 2. The van der Waals surface area contributed by atoms with Gasteiger partial charge in [0.2, 0.25) is 0 Å². The van der Waals surface area contributed by atoms with Crippen molar-refractivity contribution in [2.24, 2.45) is 5.92 Å². The highest BCUT2D eigenvalue weighted by atomic mass is 35.5. The van der Waals surface area contributed by atoms with Crippen LogP contribution in [0.5, 0.6) is 5.75 Å². The minimum absolute atomic E-state index is 0.0165. The smallest absolute Gasteiger partial charge is 0.408 e. The number of alkyl halides is 3. The maximum absolute atomic E-state index is 13.0. The normalized spacial score (nSPS) is 21.2. The molecule has 1 aliphatic rings. The summed E-state index contributed by atoms with van der Waals surface area (Å²) in [6.07, 6.45) is -0.677. The lowest BCUT2D eigenvalue weighted by Gasteiger charge is -2.34. The quantitative estimate of drug-likeness (QED) is 0.389. The van der Waals surface area contributed by atoms with Crippen molar-refractivity contribution in [3.05, 3.63) is 28.9 Å². The zero-order valence-corrected chi connectivity index (χ0v) is 21.8. The van der Waals surface area contributed by atoms with E-state index >= 15 is 0 Å². The molecule has 0 spiro atoms. The van der Waals surface area contributed by atoms with Crippen molar-refractivity contribution in [1.29, 1.82) is 0 Å². The molecule has 1 atom stereocenters. The van der Waals surface area contributed by atoms with Crippen molar-refractivity contribution in [2.75, 3.05) is 19.0 Å². The van der Waals surface area contributed by atoms with Gasteiger partial charge in [-0.05, 0) is 57.1 Å². The van der Waals surface area contributed by atoms with Gasteiger partial charge in [0.25, 0.3) is 5.91 Å². The lowest BCUT2D eigenvalue weighted by atomic mass is 9.79. The third-order valence-electron chi connectivity index (χ3n) is 6.66. The minimum atomic E-state index is -4.40. The number of benzene rings is 1. The highest BCUT2D eigenvalue weighted by Gasteiger charge is 2.36. The van der Waals surface area contributed by atoms with Gasteiger partial charge in [0.15, 0.2) is 5.69 Å². The monoisotopic (exact) mass is 530 g/mol. The first-order valence-electron chi connectivity index (χ1n) is 12.2. The Bertz CT molecular complexity index is 1070. The molecule has 11 heteroatoms. The van der Waals surface area contributed by atoms with Crippen molar-refractivity contribution in [3.8, 4) is 17.0 Å². The highest BCUT2D eigenvalue weighted by Crippen LogP contribution is 2.39. The first-order valence-corrected chi connectivity index (χ1v) is 12.5. The summed E-state index contributed by atoms with van der Waals surface area (Å²) in [5.41, 5.74) is 0.214. The summed E-state index contributed by atoms with van der Waals surface area (Å²) in [6, 6.07) is 2.79. The molecule has 1 heterocycles. The molecule has 0 bridgehead atoms. The van der Waals surface area contributed by atoms with Gasteiger partial charge in [-0.2, -0.15) is 18.3 Å². The van der Waals surface area contributed by atoms with Crippen LogP contribution in [0.3, 0.4) is 0 Å². The summed E-state index contributed by atoms with van der Waals surface area (Å²) in [5.74, 6) is 0.335. The molecule has 1 fully saturated rings. The number of anilines is 1. The van der Waals surface area contributed by atoms with Gasteiger partial charge < -0.3 is 20.5 Å². The molecule has 0 unspecified atom stereocenters. The van der Waals surface area contributed by atoms with E-state index in [0.29, 0.717) is 43.0 Å². The fourth-order valence-corrected chi connectivity index (χ4v) is 4.65. The predicted molar refractivity (Wildman–Crippen MR) is 134 cm³/mol. The predicted octanol–water partition coefficient (Wildman–Crippen LogP) is 5.66. The summed E-state index contributed by atoms with van der Waals surface area (Å²) in [6.45, 7) is 5.68. The van der Waals surface area contributed by atoms with Crippen LogP contribution in [-0.2, 0) is 6.54 Å². The molecule has 1 aromatic heterocycles. The molecule has 0 aliphatic heterocycles. The maximum Gasteiger partial charge on any atom is 0.408 e. The molecule has 1 aliphatic carbocycles. The molecule has 0 saturated heterocycles. The van der Waals surface area contributed by atoms with E-state index in [4.69, 9.17) is 16.3 Å². The van der Waals surface area contributed by atoms with Crippen LogP contribution in [0, 0.1) is 5.92 Å². The number of amides is 1. The van der Waals surface area contributed by atoms with Crippen LogP contribution in [0.25, 0.3) is 11.3 Å². The maximum atomic E-state index is 13.0. The van der Waals surface area contributed by atoms with Crippen molar-refractivity contribution in [2.45, 2.75) is 77.2 Å². The van der Waals surface area contributed by atoms with Crippen LogP contribution in [0.2, 0.25) is 5.02 Å².